The molecule has 0 atom stereocenters. The molecule has 0 spiro atoms. The van der Waals surface area contributed by atoms with Gasteiger partial charge in [-0.15, -0.1) is 0 Å². The Morgan fingerprint density at radius 3 is 2.64 bits per heavy atom. The standard InChI is InChI=1S/C8H3Br2ClN2S/c9-5-3-4(1-2-6(5)11)7-12-8(10)14-13-7/h1-3H. The second-order valence-corrected chi connectivity index (χ2v) is 5.79. The van der Waals surface area contributed by atoms with Gasteiger partial charge in [0.1, 0.15) is 0 Å². The zero-order valence-corrected chi connectivity index (χ0v) is 11.4. The maximum Gasteiger partial charge on any atom is 0.179 e. The summed E-state index contributed by atoms with van der Waals surface area (Å²) in [5.41, 5.74) is 0.947. The summed E-state index contributed by atoms with van der Waals surface area (Å²) in [6, 6.07) is 5.61. The molecule has 14 heavy (non-hydrogen) atoms. The van der Waals surface area contributed by atoms with E-state index < -0.39 is 0 Å². The zero-order valence-electron chi connectivity index (χ0n) is 6.67. The lowest BCUT2D eigenvalue weighted by molar-refractivity contribution is 1.30. The topological polar surface area (TPSA) is 25.8 Å². The maximum atomic E-state index is 5.88. The van der Waals surface area contributed by atoms with Crippen molar-refractivity contribution in [3.8, 4) is 11.4 Å². The molecule has 0 aliphatic rings. The fourth-order valence-corrected chi connectivity index (χ4v) is 2.27. The highest BCUT2D eigenvalue weighted by Crippen LogP contribution is 2.28. The number of nitrogens with zero attached hydrogens (tertiary/aromatic N) is 2. The van der Waals surface area contributed by atoms with E-state index in [0.717, 1.165) is 14.0 Å². The Balaban J connectivity index is 2.47. The fraction of sp³-hybridized carbons (Fsp3) is 0. The molecule has 0 fully saturated rings. The number of hydrogen-bond donors (Lipinski definition) is 0. The minimum absolute atomic E-state index is 0.683. The molecule has 0 saturated heterocycles. The van der Waals surface area contributed by atoms with Crippen LogP contribution in [-0.2, 0) is 0 Å². The van der Waals surface area contributed by atoms with E-state index in [2.05, 4.69) is 41.2 Å². The van der Waals surface area contributed by atoms with Crippen molar-refractivity contribution < 1.29 is 0 Å². The van der Waals surface area contributed by atoms with Crippen LogP contribution in [0.4, 0.5) is 0 Å². The molecule has 0 amide bonds. The summed E-state index contributed by atoms with van der Waals surface area (Å²) in [7, 11) is 0. The molecule has 0 N–H and O–H groups in total. The van der Waals surface area contributed by atoms with Crippen molar-refractivity contribution in [1.82, 2.24) is 9.36 Å². The summed E-state index contributed by atoms with van der Waals surface area (Å²) in [5, 5.41) is 0.683. The molecule has 72 valence electrons. The predicted octanol–water partition coefficient (Wildman–Crippen LogP) is 4.38. The Kier molecular flexibility index (Phi) is 3.21. The van der Waals surface area contributed by atoms with Crippen LogP contribution >= 0.6 is 55.0 Å². The maximum absolute atomic E-state index is 5.88. The van der Waals surface area contributed by atoms with E-state index >= 15 is 0 Å². The molecule has 0 aliphatic carbocycles. The normalized spacial score (nSPS) is 10.5. The Labute approximate surface area is 107 Å². The van der Waals surface area contributed by atoms with Crippen molar-refractivity contribution in [2.24, 2.45) is 0 Å². The van der Waals surface area contributed by atoms with Gasteiger partial charge in [0.05, 0.1) is 5.02 Å². The summed E-state index contributed by atoms with van der Waals surface area (Å²) in [4.78, 5) is 4.21. The molecule has 0 bridgehead atoms. The van der Waals surface area contributed by atoms with Gasteiger partial charge in [0.2, 0.25) is 0 Å². The highest BCUT2D eigenvalue weighted by atomic mass is 79.9. The molecular formula is C8H3Br2ClN2S. The van der Waals surface area contributed by atoms with Crippen molar-refractivity contribution in [2.75, 3.05) is 0 Å². The van der Waals surface area contributed by atoms with Crippen LogP contribution < -0.4 is 0 Å². The second-order valence-electron chi connectivity index (χ2n) is 2.50. The number of halogens is 3. The predicted molar refractivity (Wildman–Crippen MR) is 65.8 cm³/mol. The molecule has 2 aromatic rings. The molecule has 0 unspecified atom stereocenters. The quantitative estimate of drug-likeness (QED) is 0.759. The lowest BCUT2D eigenvalue weighted by Crippen LogP contribution is -1.80. The summed E-state index contributed by atoms with van der Waals surface area (Å²) in [6.07, 6.45) is 0. The molecule has 0 radical (unpaired) electrons. The van der Waals surface area contributed by atoms with Gasteiger partial charge in [-0.2, -0.15) is 4.37 Å². The van der Waals surface area contributed by atoms with Crippen LogP contribution in [0.2, 0.25) is 5.02 Å². The van der Waals surface area contributed by atoms with Gasteiger partial charge in [0.15, 0.2) is 9.74 Å². The van der Waals surface area contributed by atoms with Crippen LogP contribution in [0.5, 0.6) is 0 Å². The first kappa shape index (κ1) is 10.5. The largest absolute Gasteiger partial charge is 0.208 e. The highest BCUT2D eigenvalue weighted by molar-refractivity contribution is 9.11. The highest BCUT2D eigenvalue weighted by Gasteiger charge is 2.06. The van der Waals surface area contributed by atoms with Crippen molar-refractivity contribution in [1.29, 1.82) is 0 Å². The Morgan fingerprint density at radius 1 is 1.29 bits per heavy atom. The second kappa shape index (κ2) is 4.26. The number of aromatic nitrogens is 2. The van der Waals surface area contributed by atoms with Gasteiger partial charge in [-0.1, -0.05) is 11.6 Å². The molecule has 1 aromatic heterocycles. The third-order valence-electron chi connectivity index (χ3n) is 1.58. The molecule has 6 heteroatoms. The first-order valence-corrected chi connectivity index (χ1v) is 6.35. The van der Waals surface area contributed by atoms with Gasteiger partial charge in [-0.25, -0.2) is 4.98 Å². The van der Waals surface area contributed by atoms with E-state index in [1.54, 1.807) is 0 Å². The van der Waals surface area contributed by atoms with E-state index in [9.17, 15) is 0 Å². The summed E-state index contributed by atoms with van der Waals surface area (Å²) in [5.74, 6) is 0.708. The number of hydrogen-bond acceptors (Lipinski definition) is 3. The summed E-state index contributed by atoms with van der Waals surface area (Å²) >= 11 is 13.8. The van der Waals surface area contributed by atoms with E-state index in [4.69, 9.17) is 11.6 Å². The van der Waals surface area contributed by atoms with E-state index in [1.165, 1.54) is 11.5 Å². The molecular weight excluding hydrogens is 351 g/mol. The molecule has 1 aromatic carbocycles. The van der Waals surface area contributed by atoms with Crippen LogP contribution in [0.3, 0.4) is 0 Å². The lowest BCUT2D eigenvalue weighted by atomic mass is 10.2. The first-order chi connectivity index (χ1) is 6.66. The monoisotopic (exact) mass is 352 g/mol. The average Bonchev–Trinajstić information content (AvgIpc) is 2.57. The van der Waals surface area contributed by atoms with E-state index in [1.807, 2.05) is 18.2 Å². The van der Waals surface area contributed by atoms with Gasteiger partial charge in [0.25, 0.3) is 0 Å². The molecule has 2 nitrogen and oxygen atoms in total. The number of benzene rings is 1. The van der Waals surface area contributed by atoms with Crippen LogP contribution in [0.15, 0.2) is 26.6 Å². The van der Waals surface area contributed by atoms with Crippen molar-refractivity contribution >= 4 is 55.0 Å². The minimum atomic E-state index is 0.683. The van der Waals surface area contributed by atoms with Gasteiger partial charge >= 0.3 is 0 Å². The van der Waals surface area contributed by atoms with Gasteiger partial charge < -0.3 is 0 Å². The number of rotatable bonds is 1. The van der Waals surface area contributed by atoms with Gasteiger partial charge in [-0.3, -0.25) is 0 Å². The Morgan fingerprint density at radius 2 is 2.07 bits per heavy atom. The van der Waals surface area contributed by atoms with Crippen molar-refractivity contribution in [3.63, 3.8) is 0 Å². The molecule has 0 saturated carbocycles. The minimum Gasteiger partial charge on any atom is -0.208 e. The van der Waals surface area contributed by atoms with Gasteiger partial charge in [0, 0.05) is 10.0 Å². The van der Waals surface area contributed by atoms with E-state index in [-0.39, 0.29) is 0 Å². The van der Waals surface area contributed by atoms with Crippen LogP contribution in [0.1, 0.15) is 0 Å². The fourth-order valence-electron chi connectivity index (χ4n) is 0.957. The van der Waals surface area contributed by atoms with Gasteiger partial charge in [-0.05, 0) is 61.6 Å². The first-order valence-electron chi connectivity index (χ1n) is 3.61. The zero-order chi connectivity index (χ0) is 10.1. The Hall–Kier alpha value is 0.0300. The smallest absolute Gasteiger partial charge is 0.179 e. The summed E-state index contributed by atoms with van der Waals surface area (Å²) < 4.78 is 5.80. The molecule has 1 heterocycles. The van der Waals surface area contributed by atoms with Crippen LogP contribution in [0, 0.1) is 0 Å². The summed E-state index contributed by atoms with van der Waals surface area (Å²) in [6.45, 7) is 0. The SMILES string of the molecule is Clc1ccc(-c2nsc(Br)n2)cc1Br. The third-order valence-corrected chi connectivity index (χ3v) is 3.91. The van der Waals surface area contributed by atoms with E-state index in [0.29, 0.717) is 10.8 Å². The third kappa shape index (κ3) is 2.16. The van der Waals surface area contributed by atoms with Crippen LogP contribution in [-0.4, -0.2) is 9.36 Å². The average molecular weight is 354 g/mol. The molecule has 2 rings (SSSR count). The lowest BCUT2D eigenvalue weighted by Gasteiger charge is -1.98. The molecule has 0 aliphatic heterocycles. The van der Waals surface area contributed by atoms with Crippen molar-refractivity contribution in [2.45, 2.75) is 0 Å². The van der Waals surface area contributed by atoms with Crippen LogP contribution in [0.25, 0.3) is 11.4 Å². The van der Waals surface area contributed by atoms with Crippen molar-refractivity contribution in [3.05, 3.63) is 31.6 Å². The Bertz CT molecular complexity index is 472.